The van der Waals surface area contributed by atoms with Crippen molar-refractivity contribution in [3.05, 3.63) is 0 Å². The lowest BCUT2D eigenvalue weighted by Crippen LogP contribution is -2.56. The predicted molar refractivity (Wildman–Crippen MR) is 49.2 cm³/mol. The van der Waals surface area contributed by atoms with E-state index in [2.05, 4.69) is 27.7 Å². The third-order valence-electron chi connectivity index (χ3n) is 3.47. The summed E-state index contributed by atoms with van der Waals surface area (Å²) in [6.07, 6.45) is 2.31. The highest BCUT2D eigenvalue weighted by Crippen LogP contribution is 2.42. The second-order valence-electron chi connectivity index (χ2n) is 4.67. The van der Waals surface area contributed by atoms with Crippen LogP contribution in [0.3, 0.4) is 0 Å². The maximum absolute atomic E-state index is 9.61. The van der Waals surface area contributed by atoms with Gasteiger partial charge in [0.15, 0.2) is 0 Å². The van der Waals surface area contributed by atoms with E-state index in [0.717, 1.165) is 13.0 Å². The molecule has 0 atom stereocenters. The predicted octanol–water partition coefficient (Wildman–Crippen LogP) is 1.45. The first kappa shape index (κ1) is 11.9. The van der Waals surface area contributed by atoms with Gasteiger partial charge >= 0.3 is 0 Å². The van der Waals surface area contributed by atoms with Crippen molar-refractivity contribution in [2.75, 3.05) is 6.54 Å². The maximum atomic E-state index is 9.61. The molecule has 1 saturated heterocycles. The average Bonchev–Trinajstić information content (AvgIpc) is 1.84. The molecule has 0 aromatic carbocycles. The second-order valence-corrected chi connectivity index (χ2v) is 4.67. The molecule has 1 rings (SSSR count). The SMILES string of the molecule is CC1(C)CCCN(O)C1(C)C.O. The maximum Gasteiger partial charge on any atom is 0.0455 e. The highest BCUT2D eigenvalue weighted by Gasteiger charge is 2.43. The summed E-state index contributed by atoms with van der Waals surface area (Å²) in [5, 5.41) is 11.1. The fraction of sp³-hybridized carbons (Fsp3) is 1.00. The number of hydroxylamine groups is 2. The summed E-state index contributed by atoms with van der Waals surface area (Å²) in [5.74, 6) is 0. The molecule has 1 heterocycles. The van der Waals surface area contributed by atoms with Gasteiger partial charge in [0.05, 0.1) is 0 Å². The highest BCUT2D eigenvalue weighted by atomic mass is 16.5. The molecular weight excluding hydrogens is 154 g/mol. The van der Waals surface area contributed by atoms with Gasteiger partial charge in [-0.05, 0) is 32.1 Å². The summed E-state index contributed by atoms with van der Waals surface area (Å²) < 4.78 is 0. The molecule has 0 aromatic heterocycles. The standard InChI is InChI=1S/C9H19NO.H2O/c1-8(2)6-5-7-10(11)9(8,3)4;/h11H,5-7H2,1-4H3;1H2. The van der Waals surface area contributed by atoms with Crippen LogP contribution in [0.25, 0.3) is 0 Å². The zero-order valence-electron chi connectivity index (χ0n) is 8.52. The molecule has 0 saturated carbocycles. The van der Waals surface area contributed by atoms with Crippen LogP contribution in [0.5, 0.6) is 0 Å². The summed E-state index contributed by atoms with van der Waals surface area (Å²) in [6.45, 7) is 9.46. The van der Waals surface area contributed by atoms with Gasteiger partial charge in [0.25, 0.3) is 0 Å². The fourth-order valence-corrected chi connectivity index (χ4v) is 1.61. The highest BCUT2D eigenvalue weighted by molar-refractivity contribution is 4.95. The summed E-state index contributed by atoms with van der Waals surface area (Å²) in [4.78, 5) is 0. The normalized spacial score (nSPS) is 27.8. The van der Waals surface area contributed by atoms with E-state index in [-0.39, 0.29) is 16.4 Å². The van der Waals surface area contributed by atoms with Crippen LogP contribution < -0.4 is 0 Å². The summed E-state index contributed by atoms with van der Waals surface area (Å²) >= 11 is 0. The molecule has 0 radical (unpaired) electrons. The molecule has 3 heteroatoms. The first-order chi connectivity index (χ1) is 4.88. The van der Waals surface area contributed by atoms with Crippen LogP contribution in [0.4, 0.5) is 0 Å². The van der Waals surface area contributed by atoms with Crippen LogP contribution in [0.15, 0.2) is 0 Å². The Kier molecular flexibility index (Phi) is 3.29. The minimum Gasteiger partial charge on any atom is -0.412 e. The van der Waals surface area contributed by atoms with Crippen molar-refractivity contribution in [3.63, 3.8) is 0 Å². The Hall–Kier alpha value is -0.120. The molecule has 0 spiro atoms. The van der Waals surface area contributed by atoms with E-state index in [0.29, 0.717) is 0 Å². The molecule has 74 valence electrons. The lowest BCUT2D eigenvalue weighted by atomic mass is 9.69. The Morgan fingerprint density at radius 3 is 2.00 bits per heavy atom. The minimum absolute atomic E-state index is 0. The average molecular weight is 175 g/mol. The van der Waals surface area contributed by atoms with E-state index in [1.807, 2.05) is 0 Å². The van der Waals surface area contributed by atoms with Gasteiger partial charge in [0.2, 0.25) is 0 Å². The summed E-state index contributed by atoms with van der Waals surface area (Å²) in [5.41, 5.74) is 0.144. The third kappa shape index (κ3) is 1.63. The Labute approximate surface area is 74.6 Å². The third-order valence-corrected chi connectivity index (χ3v) is 3.47. The Bertz CT molecular complexity index is 155. The van der Waals surface area contributed by atoms with Crippen LogP contribution in [0.2, 0.25) is 0 Å². The number of hydrogen-bond acceptors (Lipinski definition) is 2. The minimum atomic E-state index is -0.0781. The topological polar surface area (TPSA) is 55.0 Å². The van der Waals surface area contributed by atoms with Gasteiger partial charge in [-0.25, -0.2) is 0 Å². The molecule has 0 aromatic rings. The van der Waals surface area contributed by atoms with Gasteiger partial charge in [-0.15, -0.1) is 0 Å². The Morgan fingerprint density at radius 2 is 1.67 bits per heavy atom. The lowest BCUT2D eigenvalue weighted by Gasteiger charge is -2.50. The molecule has 3 N–H and O–H groups in total. The van der Waals surface area contributed by atoms with Crippen molar-refractivity contribution in [1.82, 2.24) is 5.06 Å². The molecule has 0 unspecified atom stereocenters. The molecule has 1 aliphatic heterocycles. The van der Waals surface area contributed by atoms with Crippen molar-refractivity contribution in [3.8, 4) is 0 Å². The molecule has 0 bridgehead atoms. The van der Waals surface area contributed by atoms with E-state index in [4.69, 9.17) is 0 Å². The van der Waals surface area contributed by atoms with E-state index in [1.165, 1.54) is 11.5 Å². The van der Waals surface area contributed by atoms with Crippen LogP contribution in [0.1, 0.15) is 40.5 Å². The first-order valence-electron chi connectivity index (χ1n) is 4.34. The number of hydrogen-bond donors (Lipinski definition) is 1. The van der Waals surface area contributed by atoms with E-state index in [9.17, 15) is 5.21 Å². The van der Waals surface area contributed by atoms with Crippen molar-refractivity contribution in [2.45, 2.75) is 46.1 Å². The fourth-order valence-electron chi connectivity index (χ4n) is 1.61. The van der Waals surface area contributed by atoms with Crippen molar-refractivity contribution >= 4 is 0 Å². The Morgan fingerprint density at radius 1 is 1.17 bits per heavy atom. The van der Waals surface area contributed by atoms with E-state index >= 15 is 0 Å². The molecule has 0 aliphatic carbocycles. The van der Waals surface area contributed by atoms with Crippen LogP contribution in [-0.2, 0) is 0 Å². The zero-order valence-corrected chi connectivity index (χ0v) is 8.52. The molecule has 1 aliphatic rings. The molecule has 12 heavy (non-hydrogen) atoms. The Balaban J connectivity index is 0.00000121. The molecule has 3 nitrogen and oxygen atoms in total. The van der Waals surface area contributed by atoms with Crippen molar-refractivity contribution in [2.24, 2.45) is 5.41 Å². The number of nitrogens with zero attached hydrogens (tertiary/aromatic N) is 1. The van der Waals surface area contributed by atoms with Crippen molar-refractivity contribution < 1.29 is 10.7 Å². The molecule has 0 amide bonds. The zero-order chi connectivity index (χ0) is 8.70. The van der Waals surface area contributed by atoms with Crippen molar-refractivity contribution in [1.29, 1.82) is 0 Å². The number of piperidine rings is 1. The largest absolute Gasteiger partial charge is 0.412 e. The van der Waals surface area contributed by atoms with Gasteiger partial charge in [-0.3, -0.25) is 0 Å². The molecular formula is C9H21NO2. The van der Waals surface area contributed by atoms with Gasteiger partial charge in [0, 0.05) is 12.1 Å². The number of rotatable bonds is 0. The summed E-state index contributed by atoms with van der Waals surface area (Å²) in [6, 6.07) is 0. The van der Waals surface area contributed by atoms with E-state index in [1.54, 1.807) is 0 Å². The van der Waals surface area contributed by atoms with Gasteiger partial charge < -0.3 is 10.7 Å². The quantitative estimate of drug-likeness (QED) is 0.606. The second kappa shape index (κ2) is 3.32. The lowest BCUT2D eigenvalue weighted by molar-refractivity contribution is -0.218. The smallest absolute Gasteiger partial charge is 0.0455 e. The monoisotopic (exact) mass is 175 g/mol. The van der Waals surface area contributed by atoms with Gasteiger partial charge in [-0.2, -0.15) is 5.06 Å². The molecule has 1 fully saturated rings. The van der Waals surface area contributed by atoms with Gasteiger partial charge in [0.1, 0.15) is 0 Å². The first-order valence-corrected chi connectivity index (χ1v) is 4.34. The van der Waals surface area contributed by atoms with Gasteiger partial charge in [-0.1, -0.05) is 13.8 Å². The summed E-state index contributed by atoms with van der Waals surface area (Å²) in [7, 11) is 0. The van der Waals surface area contributed by atoms with Crippen LogP contribution >= 0.6 is 0 Å². The van der Waals surface area contributed by atoms with Crippen LogP contribution in [0, 0.1) is 5.41 Å². The van der Waals surface area contributed by atoms with Crippen LogP contribution in [-0.4, -0.2) is 27.8 Å². The van der Waals surface area contributed by atoms with E-state index < -0.39 is 0 Å².